The van der Waals surface area contributed by atoms with Gasteiger partial charge in [0.15, 0.2) is 0 Å². The minimum absolute atomic E-state index is 0.0447. The molecule has 9 heteroatoms. The summed E-state index contributed by atoms with van der Waals surface area (Å²) >= 11 is 6.93. The largest absolute Gasteiger partial charge is 0.317 e. The number of nitro benzene ring substituents is 1. The Morgan fingerprint density at radius 3 is 2.86 bits per heavy atom. The first-order chi connectivity index (χ1) is 9.88. The van der Waals surface area contributed by atoms with Crippen molar-refractivity contribution in [1.29, 1.82) is 0 Å². The Hall–Kier alpha value is -2.06. The van der Waals surface area contributed by atoms with Crippen molar-refractivity contribution in [2.24, 2.45) is 0 Å². The van der Waals surface area contributed by atoms with Crippen LogP contribution in [0, 0.1) is 10.1 Å². The van der Waals surface area contributed by atoms with Gasteiger partial charge in [-0.3, -0.25) is 19.7 Å². The summed E-state index contributed by atoms with van der Waals surface area (Å²) in [4.78, 5) is 34.9. The molecule has 1 aromatic rings. The molecule has 1 fully saturated rings. The summed E-state index contributed by atoms with van der Waals surface area (Å²) < 4.78 is 0. The van der Waals surface area contributed by atoms with Crippen LogP contribution in [0.3, 0.4) is 0 Å². The van der Waals surface area contributed by atoms with Crippen LogP contribution in [-0.2, 0) is 9.59 Å². The highest BCUT2D eigenvalue weighted by Gasteiger charge is 2.24. The molecule has 7 nitrogen and oxygen atoms in total. The second kappa shape index (κ2) is 6.15. The lowest BCUT2D eigenvalue weighted by Gasteiger charge is -2.09. The predicted molar refractivity (Wildman–Crippen MR) is 80.0 cm³/mol. The van der Waals surface area contributed by atoms with E-state index in [0.29, 0.717) is 5.03 Å². The van der Waals surface area contributed by atoms with Crippen molar-refractivity contribution in [3.8, 4) is 0 Å². The maximum absolute atomic E-state index is 11.9. The van der Waals surface area contributed by atoms with Gasteiger partial charge in [-0.2, -0.15) is 0 Å². The number of nitrogens with one attached hydrogen (secondary N) is 1. The third-order valence-corrected chi connectivity index (χ3v) is 4.03. The van der Waals surface area contributed by atoms with Crippen LogP contribution in [0.25, 0.3) is 0 Å². The average Bonchev–Trinajstić information content (AvgIpc) is 2.72. The number of carbonyl (C=O) groups excluding carboxylic acids is 2. The van der Waals surface area contributed by atoms with Gasteiger partial charge in [-0.1, -0.05) is 23.4 Å². The van der Waals surface area contributed by atoms with Crippen molar-refractivity contribution in [3.63, 3.8) is 0 Å². The van der Waals surface area contributed by atoms with Crippen LogP contribution in [0.2, 0.25) is 5.02 Å². The van der Waals surface area contributed by atoms with E-state index in [1.807, 2.05) is 0 Å². The lowest BCUT2D eigenvalue weighted by molar-refractivity contribution is -0.383. The molecule has 1 aliphatic heterocycles. The number of nitrogens with zero attached hydrogens (tertiary/aromatic N) is 2. The number of anilines is 1. The quantitative estimate of drug-likeness (QED) is 0.522. The average molecular weight is 328 g/mol. The Labute approximate surface area is 129 Å². The van der Waals surface area contributed by atoms with Crippen molar-refractivity contribution in [1.82, 2.24) is 4.90 Å². The highest BCUT2D eigenvalue weighted by molar-refractivity contribution is 8.04. The molecule has 0 spiro atoms. The van der Waals surface area contributed by atoms with E-state index in [1.165, 1.54) is 34.9 Å². The smallest absolute Gasteiger partial charge is 0.294 e. The van der Waals surface area contributed by atoms with Gasteiger partial charge in [0, 0.05) is 24.2 Å². The zero-order valence-corrected chi connectivity index (χ0v) is 12.4. The van der Waals surface area contributed by atoms with Crippen LogP contribution in [0.4, 0.5) is 11.4 Å². The Morgan fingerprint density at radius 1 is 1.57 bits per heavy atom. The van der Waals surface area contributed by atoms with Crippen LogP contribution < -0.4 is 5.32 Å². The van der Waals surface area contributed by atoms with Gasteiger partial charge in [0.1, 0.15) is 5.69 Å². The Balaban J connectivity index is 2.19. The van der Waals surface area contributed by atoms with Gasteiger partial charge in [-0.25, -0.2) is 0 Å². The minimum atomic E-state index is -0.630. The molecule has 110 valence electrons. The number of amides is 2. The topological polar surface area (TPSA) is 92.6 Å². The molecule has 0 radical (unpaired) electrons. The van der Waals surface area contributed by atoms with Crippen molar-refractivity contribution < 1.29 is 14.5 Å². The molecular formula is C12H10ClN3O4S. The number of benzene rings is 1. The van der Waals surface area contributed by atoms with Gasteiger partial charge in [-0.05, 0) is 12.1 Å². The normalized spacial score (nSPS) is 16.4. The fourth-order valence-electron chi connectivity index (χ4n) is 1.63. The number of carbonyl (C=O) groups is 2. The molecule has 0 unspecified atom stereocenters. The number of nitro groups is 1. The molecule has 0 atom stereocenters. The van der Waals surface area contributed by atoms with E-state index in [1.54, 1.807) is 7.05 Å². The van der Waals surface area contributed by atoms with E-state index < -0.39 is 10.8 Å². The number of rotatable bonds is 3. The molecule has 1 saturated heterocycles. The van der Waals surface area contributed by atoms with Gasteiger partial charge >= 0.3 is 0 Å². The molecule has 0 saturated carbocycles. The Morgan fingerprint density at radius 2 is 2.29 bits per heavy atom. The van der Waals surface area contributed by atoms with E-state index in [9.17, 15) is 19.7 Å². The van der Waals surface area contributed by atoms with Gasteiger partial charge in [0.2, 0.25) is 5.91 Å². The maximum atomic E-state index is 11.9. The molecule has 0 aliphatic carbocycles. The summed E-state index contributed by atoms with van der Waals surface area (Å²) in [6.45, 7) is 0. The minimum Gasteiger partial charge on any atom is -0.317 e. The van der Waals surface area contributed by atoms with Crippen LogP contribution >= 0.6 is 23.4 Å². The second-order valence-corrected chi connectivity index (χ2v) is 5.56. The second-order valence-electron chi connectivity index (χ2n) is 4.13. The summed E-state index contributed by atoms with van der Waals surface area (Å²) in [5.74, 6) is -0.377. The molecule has 1 N–H and O–H groups in total. The van der Waals surface area contributed by atoms with E-state index in [-0.39, 0.29) is 28.1 Å². The van der Waals surface area contributed by atoms with Gasteiger partial charge in [0.05, 0.1) is 15.7 Å². The fraction of sp³-hybridized carbons (Fsp3) is 0.167. The zero-order chi connectivity index (χ0) is 15.6. The van der Waals surface area contributed by atoms with Crippen LogP contribution in [0.5, 0.6) is 0 Å². The molecule has 2 rings (SSSR count). The highest BCUT2D eigenvalue weighted by Crippen LogP contribution is 2.29. The first kappa shape index (κ1) is 15.3. The molecule has 0 aromatic heterocycles. The molecule has 2 amide bonds. The third kappa shape index (κ3) is 3.53. The van der Waals surface area contributed by atoms with Crippen molar-refractivity contribution >= 4 is 46.6 Å². The molecule has 0 bridgehead atoms. The molecule has 1 aromatic carbocycles. The lowest BCUT2D eigenvalue weighted by atomic mass is 10.2. The molecule has 1 aliphatic rings. The SMILES string of the molecule is CN1C(=O)CS/C1=C\C(=O)Nc1ccc(Cl)cc1[N+](=O)[O-]. The number of thioether (sulfide) groups is 1. The fourth-order valence-corrected chi connectivity index (χ4v) is 2.75. The van der Waals surface area contributed by atoms with Crippen LogP contribution in [0.15, 0.2) is 29.3 Å². The monoisotopic (exact) mass is 327 g/mol. The molecule has 21 heavy (non-hydrogen) atoms. The standard InChI is InChI=1S/C12H10ClN3O4S/c1-15-11(18)6-21-12(15)5-10(17)14-8-3-2-7(13)4-9(8)16(19)20/h2-5H,6H2,1H3,(H,14,17)/b12-5-. The lowest BCUT2D eigenvalue weighted by Crippen LogP contribution is -2.20. The van der Waals surface area contributed by atoms with E-state index in [2.05, 4.69) is 5.32 Å². The van der Waals surface area contributed by atoms with Gasteiger partial charge < -0.3 is 10.2 Å². The predicted octanol–water partition coefficient (Wildman–Crippen LogP) is 2.23. The first-order valence-corrected chi connectivity index (χ1v) is 7.11. The highest BCUT2D eigenvalue weighted by atomic mass is 35.5. The molecular weight excluding hydrogens is 318 g/mol. The zero-order valence-electron chi connectivity index (χ0n) is 10.8. The third-order valence-electron chi connectivity index (χ3n) is 2.72. The Bertz CT molecular complexity index is 662. The van der Waals surface area contributed by atoms with Crippen LogP contribution in [0.1, 0.15) is 0 Å². The van der Waals surface area contributed by atoms with Crippen molar-refractivity contribution in [2.45, 2.75) is 0 Å². The van der Waals surface area contributed by atoms with Crippen molar-refractivity contribution in [2.75, 3.05) is 18.1 Å². The maximum Gasteiger partial charge on any atom is 0.294 e. The first-order valence-electron chi connectivity index (χ1n) is 5.74. The summed E-state index contributed by atoms with van der Waals surface area (Å²) in [5.41, 5.74) is -0.249. The summed E-state index contributed by atoms with van der Waals surface area (Å²) in [5, 5.41) is 14.0. The van der Waals surface area contributed by atoms with Gasteiger partial charge in [0.25, 0.3) is 11.6 Å². The summed E-state index contributed by atoms with van der Waals surface area (Å²) in [6, 6.07) is 3.95. The van der Waals surface area contributed by atoms with Crippen LogP contribution in [-0.4, -0.2) is 34.4 Å². The summed E-state index contributed by atoms with van der Waals surface area (Å²) in [7, 11) is 1.56. The summed E-state index contributed by atoms with van der Waals surface area (Å²) in [6.07, 6.45) is 1.23. The van der Waals surface area contributed by atoms with Crippen molar-refractivity contribution in [3.05, 3.63) is 44.4 Å². The number of halogens is 1. The van der Waals surface area contributed by atoms with Gasteiger partial charge in [-0.15, -0.1) is 0 Å². The van der Waals surface area contributed by atoms with E-state index in [4.69, 9.17) is 11.6 Å². The van der Waals surface area contributed by atoms with E-state index >= 15 is 0 Å². The van der Waals surface area contributed by atoms with E-state index in [0.717, 1.165) is 6.07 Å². The number of hydrogen-bond acceptors (Lipinski definition) is 5. The number of hydrogen-bond donors (Lipinski definition) is 1. The Kier molecular flexibility index (Phi) is 4.49. The molecule has 1 heterocycles.